The van der Waals surface area contributed by atoms with Crippen LogP contribution in [0.4, 0.5) is 0 Å². The van der Waals surface area contributed by atoms with E-state index >= 15 is 0 Å². The zero-order chi connectivity index (χ0) is 25.2. The Morgan fingerprint density at radius 1 is 1.00 bits per heavy atom. The van der Waals surface area contributed by atoms with Crippen molar-refractivity contribution in [2.75, 3.05) is 0 Å². The number of aromatic nitrogens is 7. The second-order valence-electron chi connectivity index (χ2n) is 8.57. The molecule has 0 saturated heterocycles. The van der Waals surface area contributed by atoms with Crippen molar-refractivity contribution < 1.29 is 9.90 Å². The van der Waals surface area contributed by atoms with Gasteiger partial charge in [0.2, 0.25) is 5.82 Å². The molecule has 0 aliphatic carbocycles. The topological polar surface area (TPSA) is 122 Å². The van der Waals surface area contributed by atoms with E-state index in [9.17, 15) is 9.90 Å². The lowest BCUT2D eigenvalue weighted by atomic mass is 9.92. The van der Waals surface area contributed by atoms with E-state index in [-0.39, 0.29) is 11.4 Å². The maximum absolute atomic E-state index is 12.3. The number of carboxylic acid groups (broad SMARTS) is 1. The van der Waals surface area contributed by atoms with Gasteiger partial charge in [-0.05, 0) is 47.4 Å². The molecule has 180 valence electrons. The molecule has 0 atom stereocenters. The summed E-state index contributed by atoms with van der Waals surface area (Å²) in [5.41, 5.74) is 6.91. The summed E-state index contributed by atoms with van der Waals surface area (Å²) in [7, 11) is 0. The highest BCUT2D eigenvalue weighted by atomic mass is 16.4. The summed E-state index contributed by atoms with van der Waals surface area (Å²) in [6.07, 6.45) is 0.792. The maximum atomic E-state index is 12.3. The number of hydrogen-bond donors (Lipinski definition) is 2. The molecule has 3 aromatic heterocycles. The minimum Gasteiger partial charge on any atom is -0.478 e. The molecule has 0 fully saturated rings. The number of imidazole rings is 1. The molecular weight excluding hydrogens is 454 g/mol. The molecule has 36 heavy (non-hydrogen) atoms. The van der Waals surface area contributed by atoms with E-state index in [2.05, 4.69) is 45.1 Å². The summed E-state index contributed by atoms with van der Waals surface area (Å²) in [5, 5.41) is 23.8. The molecule has 0 amide bonds. The van der Waals surface area contributed by atoms with E-state index in [1.54, 1.807) is 0 Å². The number of hydrogen-bond acceptors (Lipinski definition) is 6. The molecule has 0 unspecified atom stereocenters. The first kappa shape index (κ1) is 23.1. The predicted molar refractivity (Wildman–Crippen MR) is 136 cm³/mol. The van der Waals surface area contributed by atoms with Crippen LogP contribution in [0.3, 0.4) is 0 Å². The summed E-state index contributed by atoms with van der Waals surface area (Å²) in [5.74, 6) is -0.126. The molecule has 9 nitrogen and oxygen atoms in total. The lowest BCUT2D eigenvalue weighted by Crippen LogP contribution is -2.07. The number of fused-ring (bicyclic) bond motifs is 1. The monoisotopic (exact) mass is 479 g/mol. The Morgan fingerprint density at radius 2 is 1.72 bits per heavy atom. The maximum Gasteiger partial charge on any atom is 0.340 e. The smallest absolute Gasteiger partial charge is 0.340 e. The van der Waals surface area contributed by atoms with Gasteiger partial charge in [0.15, 0.2) is 5.65 Å². The van der Waals surface area contributed by atoms with E-state index in [0.29, 0.717) is 12.1 Å². The molecule has 0 bridgehead atoms. The van der Waals surface area contributed by atoms with Gasteiger partial charge >= 0.3 is 5.97 Å². The van der Waals surface area contributed by atoms with Crippen molar-refractivity contribution in [3.8, 4) is 0 Å². The summed E-state index contributed by atoms with van der Waals surface area (Å²) < 4.78 is 2.15. The number of H-pyrrole nitrogens is 1. The predicted octanol–water partition coefficient (Wildman–Crippen LogP) is 4.22. The van der Waals surface area contributed by atoms with Crippen LogP contribution in [0.25, 0.3) is 22.3 Å². The van der Waals surface area contributed by atoms with Gasteiger partial charge < -0.3 is 9.67 Å². The second-order valence-corrected chi connectivity index (χ2v) is 8.57. The molecule has 9 heteroatoms. The molecule has 0 spiro atoms. The van der Waals surface area contributed by atoms with Crippen molar-refractivity contribution in [1.29, 1.82) is 0 Å². The van der Waals surface area contributed by atoms with Gasteiger partial charge in [0, 0.05) is 17.7 Å². The van der Waals surface area contributed by atoms with E-state index in [4.69, 9.17) is 9.97 Å². The van der Waals surface area contributed by atoms with Gasteiger partial charge in [0.1, 0.15) is 16.9 Å². The number of nitrogens with one attached hydrogen (secondary N) is 1. The molecular formula is C27H25N7O2. The van der Waals surface area contributed by atoms with Crippen LogP contribution in [0.1, 0.15) is 46.5 Å². The number of aryl methyl sites for hydroxylation is 3. The summed E-state index contributed by atoms with van der Waals surface area (Å²) in [4.78, 5) is 21.9. The third kappa shape index (κ3) is 4.26. The highest BCUT2D eigenvalue weighted by Gasteiger charge is 2.23. The van der Waals surface area contributed by atoms with Crippen molar-refractivity contribution >= 4 is 28.3 Å². The first-order chi connectivity index (χ1) is 17.5. The van der Waals surface area contributed by atoms with Crippen molar-refractivity contribution in [1.82, 2.24) is 35.2 Å². The Bertz CT molecular complexity index is 1570. The summed E-state index contributed by atoms with van der Waals surface area (Å²) in [6, 6.07) is 19.3. The average molecular weight is 480 g/mol. The van der Waals surface area contributed by atoms with Crippen LogP contribution in [0.2, 0.25) is 0 Å². The molecule has 2 aromatic carbocycles. The van der Waals surface area contributed by atoms with Crippen LogP contribution >= 0.6 is 0 Å². The van der Waals surface area contributed by atoms with E-state index in [1.165, 1.54) is 0 Å². The van der Waals surface area contributed by atoms with E-state index < -0.39 is 5.97 Å². The Morgan fingerprint density at radius 3 is 2.36 bits per heavy atom. The van der Waals surface area contributed by atoms with Crippen molar-refractivity contribution in [3.05, 3.63) is 100 Å². The first-order valence-electron chi connectivity index (χ1n) is 11.7. The van der Waals surface area contributed by atoms with Gasteiger partial charge in [-0.15, -0.1) is 10.2 Å². The van der Waals surface area contributed by atoms with Crippen molar-refractivity contribution in [2.45, 2.75) is 33.7 Å². The molecule has 0 aliphatic rings. The number of carbonyl (C=O) groups is 1. The SMILES string of the molecule is CCc1nc2c(C)cc(C)nc2n1Cc1ccc(/C(=C(/C(=O)O)c2nn[nH]n2)c2ccccc2)cc1. The molecule has 3 heterocycles. The normalized spacial score (nSPS) is 12.1. The highest BCUT2D eigenvalue weighted by molar-refractivity contribution is 6.25. The third-order valence-electron chi connectivity index (χ3n) is 6.10. The molecule has 5 rings (SSSR count). The van der Waals surface area contributed by atoms with Crippen LogP contribution in [0, 0.1) is 13.8 Å². The minimum absolute atomic E-state index is 0.0216. The number of pyridine rings is 1. The Balaban J connectivity index is 1.59. The van der Waals surface area contributed by atoms with Crippen LogP contribution in [0.5, 0.6) is 0 Å². The Hall–Kier alpha value is -4.66. The molecule has 2 N–H and O–H groups in total. The van der Waals surface area contributed by atoms with Gasteiger partial charge in [-0.3, -0.25) is 0 Å². The zero-order valence-electron chi connectivity index (χ0n) is 20.2. The van der Waals surface area contributed by atoms with Crippen LogP contribution < -0.4 is 0 Å². The first-order valence-corrected chi connectivity index (χ1v) is 11.7. The zero-order valence-corrected chi connectivity index (χ0v) is 20.2. The number of aromatic amines is 1. The van der Waals surface area contributed by atoms with Gasteiger partial charge in [0.05, 0.1) is 6.54 Å². The fraction of sp³-hybridized carbons (Fsp3) is 0.185. The van der Waals surface area contributed by atoms with E-state index in [1.807, 2.05) is 61.5 Å². The van der Waals surface area contributed by atoms with Crippen molar-refractivity contribution in [3.63, 3.8) is 0 Å². The summed E-state index contributed by atoms with van der Waals surface area (Å²) >= 11 is 0. The Labute approximate surface area is 207 Å². The molecule has 0 radical (unpaired) electrons. The Kier molecular flexibility index (Phi) is 6.12. The number of benzene rings is 2. The number of nitrogens with zero attached hydrogens (tertiary/aromatic N) is 6. The number of aliphatic carboxylic acids is 1. The number of tetrazole rings is 1. The fourth-order valence-electron chi connectivity index (χ4n) is 4.49. The lowest BCUT2D eigenvalue weighted by Gasteiger charge is -2.13. The largest absolute Gasteiger partial charge is 0.478 e. The highest BCUT2D eigenvalue weighted by Crippen LogP contribution is 2.31. The second kappa shape index (κ2) is 9.53. The quantitative estimate of drug-likeness (QED) is 0.335. The van der Waals surface area contributed by atoms with Crippen molar-refractivity contribution in [2.24, 2.45) is 0 Å². The standard InChI is InChI=1S/C27H25N7O2/c1-4-21-29-24-16(2)14-17(3)28-26(24)34(21)15-18-10-12-20(13-11-18)22(19-8-6-5-7-9-19)23(27(35)36)25-30-32-33-31-25/h5-14H,4,15H2,1-3H3,(H,35,36)(H,30,31,32,33)/b23-22+. The molecule has 0 saturated carbocycles. The van der Waals surface area contributed by atoms with Crippen LogP contribution in [-0.2, 0) is 17.8 Å². The number of rotatable bonds is 7. The van der Waals surface area contributed by atoms with Gasteiger partial charge in [-0.1, -0.05) is 61.5 Å². The van der Waals surface area contributed by atoms with Gasteiger partial charge in [-0.2, -0.15) is 5.21 Å². The number of carboxylic acids is 1. The fourth-order valence-corrected chi connectivity index (χ4v) is 4.49. The third-order valence-corrected chi connectivity index (χ3v) is 6.10. The lowest BCUT2D eigenvalue weighted by molar-refractivity contribution is -0.130. The molecule has 5 aromatic rings. The van der Waals surface area contributed by atoms with Gasteiger partial charge in [0.25, 0.3) is 0 Å². The summed E-state index contributed by atoms with van der Waals surface area (Å²) in [6.45, 7) is 6.75. The van der Waals surface area contributed by atoms with Gasteiger partial charge in [-0.25, -0.2) is 14.8 Å². The minimum atomic E-state index is -1.13. The van der Waals surface area contributed by atoms with E-state index in [0.717, 1.165) is 51.4 Å². The van der Waals surface area contributed by atoms with Crippen LogP contribution in [0.15, 0.2) is 60.7 Å². The molecule has 0 aliphatic heterocycles. The van der Waals surface area contributed by atoms with Crippen LogP contribution in [-0.4, -0.2) is 46.2 Å². The average Bonchev–Trinajstić information content (AvgIpc) is 3.52.